The Morgan fingerprint density at radius 3 is 2.34 bits per heavy atom. The third-order valence-electron chi connectivity index (χ3n) is 6.44. The number of anilines is 1. The van der Waals surface area contributed by atoms with E-state index in [2.05, 4.69) is 10.2 Å². The van der Waals surface area contributed by atoms with Crippen LogP contribution >= 0.6 is 11.6 Å². The van der Waals surface area contributed by atoms with Gasteiger partial charge in [0.05, 0.1) is 12.1 Å². The minimum atomic E-state index is -0.431. The van der Waals surface area contributed by atoms with Crippen LogP contribution in [-0.4, -0.2) is 54.9 Å². The highest BCUT2D eigenvalue weighted by Gasteiger charge is 2.35. The third kappa shape index (κ3) is 5.08. The minimum absolute atomic E-state index is 0.0595. The second kappa shape index (κ2) is 10.4. The van der Waals surface area contributed by atoms with Crippen molar-refractivity contribution in [3.8, 4) is 5.75 Å². The zero-order chi connectivity index (χ0) is 22.5. The van der Waals surface area contributed by atoms with Crippen molar-refractivity contribution in [1.82, 2.24) is 9.80 Å². The van der Waals surface area contributed by atoms with Gasteiger partial charge in [-0.1, -0.05) is 41.9 Å². The molecule has 4 rings (SSSR count). The Bertz CT molecular complexity index is 939. The predicted octanol–water partition coefficient (Wildman–Crippen LogP) is 4.36. The lowest BCUT2D eigenvalue weighted by Crippen LogP contribution is -2.45. The van der Waals surface area contributed by atoms with Crippen molar-refractivity contribution in [2.24, 2.45) is 5.92 Å². The molecule has 32 heavy (non-hydrogen) atoms. The Morgan fingerprint density at radius 2 is 1.72 bits per heavy atom. The van der Waals surface area contributed by atoms with Gasteiger partial charge in [0.15, 0.2) is 0 Å². The van der Waals surface area contributed by atoms with Crippen LogP contribution in [0, 0.1) is 5.92 Å². The molecular formula is C25H30ClN3O3. The highest BCUT2D eigenvalue weighted by atomic mass is 35.5. The van der Waals surface area contributed by atoms with Gasteiger partial charge >= 0.3 is 0 Å². The molecule has 2 aromatic carbocycles. The first kappa shape index (κ1) is 22.6. The van der Waals surface area contributed by atoms with Crippen LogP contribution in [0.15, 0.2) is 48.5 Å². The highest BCUT2D eigenvalue weighted by Crippen LogP contribution is 2.31. The molecule has 2 amide bonds. The molecule has 0 spiro atoms. The third-order valence-corrected chi connectivity index (χ3v) is 6.74. The van der Waals surface area contributed by atoms with Crippen molar-refractivity contribution in [2.45, 2.75) is 31.7 Å². The van der Waals surface area contributed by atoms with E-state index >= 15 is 0 Å². The highest BCUT2D eigenvalue weighted by molar-refractivity contribution is 6.32. The molecule has 0 saturated carbocycles. The SMILES string of the molecule is COc1ccc(NC(=O)C(c2ccccc2)N2CCC(C(=O)N3CCCC3)CC2)cc1Cl. The number of rotatable bonds is 6. The first-order chi connectivity index (χ1) is 15.6. The van der Waals surface area contributed by atoms with Crippen LogP contribution in [0.5, 0.6) is 5.75 Å². The molecule has 0 aliphatic carbocycles. The second-order valence-electron chi connectivity index (χ2n) is 8.49. The zero-order valence-electron chi connectivity index (χ0n) is 18.4. The maximum atomic E-state index is 13.4. The summed E-state index contributed by atoms with van der Waals surface area (Å²) in [6, 6.07) is 14.6. The van der Waals surface area contributed by atoms with E-state index in [1.807, 2.05) is 35.2 Å². The largest absolute Gasteiger partial charge is 0.495 e. The van der Waals surface area contributed by atoms with Gasteiger partial charge in [-0.05, 0) is 62.5 Å². The van der Waals surface area contributed by atoms with Crippen LogP contribution in [0.3, 0.4) is 0 Å². The maximum Gasteiger partial charge on any atom is 0.246 e. The topological polar surface area (TPSA) is 61.9 Å². The van der Waals surface area contributed by atoms with Crippen molar-refractivity contribution in [1.29, 1.82) is 0 Å². The molecule has 1 atom stereocenters. The van der Waals surface area contributed by atoms with E-state index in [0.717, 1.165) is 44.3 Å². The Kier molecular flexibility index (Phi) is 7.33. The molecule has 170 valence electrons. The molecule has 2 saturated heterocycles. The lowest BCUT2D eigenvalue weighted by molar-refractivity contribution is -0.136. The van der Waals surface area contributed by atoms with Crippen molar-refractivity contribution in [3.05, 3.63) is 59.1 Å². The molecule has 1 unspecified atom stereocenters. The summed E-state index contributed by atoms with van der Waals surface area (Å²) in [5.74, 6) is 0.802. The van der Waals surface area contributed by atoms with Crippen LogP contribution in [0.2, 0.25) is 5.02 Å². The number of nitrogens with one attached hydrogen (secondary N) is 1. The monoisotopic (exact) mass is 455 g/mol. The summed E-state index contributed by atoms with van der Waals surface area (Å²) >= 11 is 6.24. The molecular weight excluding hydrogens is 426 g/mol. The molecule has 0 radical (unpaired) electrons. The summed E-state index contributed by atoms with van der Waals surface area (Å²) < 4.78 is 5.20. The summed E-state index contributed by atoms with van der Waals surface area (Å²) in [5.41, 5.74) is 1.56. The zero-order valence-corrected chi connectivity index (χ0v) is 19.2. The minimum Gasteiger partial charge on any atom is -0.495 e. The molecule has 2 heterocycles. The maximum absolute atomic E-state index is 13.4. The van der Waals surface area contributed by atoms with E-state index in [0.29, 0.717) is 29.5 Å². The van der Waals surface area contributed by atoms with Crippen LogP contribution in [0.4, 0.5) is 5.69 Å². The number of nitrogens with zero attached hydrogens (tertiary/aromatic N) is 2. The molecule has 2 aliphatic rings. The number of carbonyl (C=O) groups excluding carboxylic acids is 2. The fraction of sp³-hybridized carbons (Fsp3) is 0.440. The van der Waals surface area contributed by atoms with Crippen molar-refractivity contribution < 1.29 is 14.3 Å². The second-order valence-corrected chi connectivity index (χ2v) is 8.90. The molecule has 1 N–H and O–H groups in total. The Labute approximate surface area is 194 Å². The summed E-state index contributed by atoms with van der Waals surface area (Å²) in [6.07, 6.45) is 3.77. The van der Waals surface area contributed by atoms with Gasteiger partial charge in [0, 0.05) is 24.7 Å². The number of hydrogen-bond acceptors (Lipinski definition) is 4. The Balaban J connectivity index is 1.47. The van der Waals surface area contributed by atoms with Crippen molar-refractivity contribution >= 4 is 29.1 Å². The lowest BCUT2D eigenvalue weighted by atomic mass is 9.92. The average molecular weight is 456 g/mol. The summed E-state index contributed by atoms with van der Waals surface area (Å²) in [6.45, 7) is 3.19. The van der Waals surface area contributed by atoms with Crippen LogP contribution in [-0.2, 0) is 9.59 Å². The molecule has 0 bridgehead atoms. The summed E-state index contributed by atoms with van der Waals surface area (Å²) in [7, 11) is 1.56. The van der Waals surface area contributed by atoms with E-state index in [1.54, 1.807) is 25.3 Å². The molecule has 2 aromatic rings. The first-order valence-corrected chi connectivity index (χ1v) is 11.7. The number of piperidine rings is 1. The van der Waals surface area contributed by atoms with E-state index in [1.165, 1.54) is 0 Å². The molecule has 0 aromatic heterocycles. The number of ether oxygens (including phenoxy) is 1. The average Bonchev–Trinajstić information content (AvgIpc) is 3.35. The van der Waals surface area contributed by atoms with Gasteiger partial charge in [0.25, 0.3) is 0 Å². The van der Waals surface area contributed by atoms with Crippen LogP contribution in [0.25, 0.3) is 0 Å². The molecule has 6 nitrogen and oxygen atoms in total. The molecule has 2 fully saturated rings. The van der Waals surface area contributed by atoms with Crippen molar-refractivity contribution in [3.63, 3.8) is 0 Å². The fourth-order valence-electron chi connectivity index (χ4n) is 4.72. The van der Waals surface area contributed by atoms with Gasteiger partial charge in [-0.15, -0.1) is 0 Å². The number of halogens is 1. The van der Waals surface area contributed by atoms with Gasteiger partial charge in [-0.2, -0.15) is 0 Å². The fourth-order valence-corrected chi connectivity index (χ4v) is 4.98. The standard InChI is InChI=1S/C25H30ClN3O3/c1-32-22-10-9-20(17-21(22)26)27-24(30)23(18-7-3-2-4-8-18)28-15-11-19(12-16-28)25(31)29-13-5-6-14-29/h2-4,7-10,17,19,23H,5-6,11-16H2,1H3,(H,27,30). The summed E-state index contributed by atoms with van der Waals surface area (Å²) in [4.78, 5) is 30.4. The Morgan fingerprint density at radius 1 is 1.03 bits per heavy atom. The smallest absolute Gasteiger partial charge is 0.246 e. The number of likely N-dealkylation sites (tertiary alicyclic amines) is 2. The van der Waals surface area contributed by atoms with Crippen LogP contribution in [0.1, 0.15) is 37.3 Å². The van der Waals surface area contributed by atoms with E-state index in [4.69, 9.17) is 16.3 Å². The van der Waals surface area contributed by atoms with Gasteiger partial charge in [0.2, 0.25) is 11.8 Å². The van der Waals surface area contributed by atoms with E-state index in [-0.39, 0.29) is 17.7 Å². The molecule has 2 aliphatic heterocycles. The Hall–Kier alpha value is -2.57. The lowest BCUT2D eigenvalue weighted by Gasteiger charge is -2.37. The van der Waals surface area contributed by atoms with Gasteiger partial charge in [-0.25, -0.2) is 0 Å². The number of benzene rings is 2. The number of amides is 2. The number of methoxy groups -OCH3 is 1. The van der Waals surface area contributed by atoms with Crippen LogP contribution < -0.4 is 10.1 Å². The number of hydrogen-bond donors (Lipinski definition) is 1. The first-order valence-electron chi connectivity index (χ1n) is 11.3. The van der Waals surface area contributed by atoms with E-state index < -0.39 is 6.04 Å². The normalized spacial score (nSPS) is 18.4. The number of carbonyl (C=O) groups is 2. The summed E-state index contributed by atoms with van der Waals surface area (Å²) in [5, 5.41) is 3.46. The van der Waals surface area contributed by atoms with Gasteiger partial charge in [0.1, 0.15) is 11.8 Å². The quantitative estimate of drug-likeness (QED) is 0.702. The van der Waals surface area contributed by atoms with Crippen molar-refractivity contribution in [2.75, 3.05) is 38.6 Å². The molecule has 7 heteroatoms. The van der Waals surface area contributed by atoms with E-state index in [9.17, 15) is 9.59 Å². The van der Waals surface area contributed by atoms with Gasteiger partial charge in [-0.3, -0.25) is 14.5 Å². The van der Waals surface area contributed by atoms with Gasteiger partial charge < -0.3 is 15.0 Å². The predicted molar refractivity (Wildman–Crippen MR) is 126 cm³/mol.